The molecule has 0 saturated carbocycles. The van der Waals surface area contributed by atoms with Gasteiger partial charge in [0.25, 0.3) is 0 Å². The van der Waals surface area contributed by atoms with Crippen LogP contribution in [0.3, 0.4) is 0 Å². The summed E-state index contributed by atoms with van der Waals surface area (Å²) in [6.45, 7) is 2.70. The van der Waals surface area contributed by atoms with Crippen LogP contribution in [0.4, 0.5) is 0 Å². The first-order chi connectivity index (χ1) is 8.93. The van der Waals surface area contributed by atoms with Gasteiger partial charge in [0, 0.05) is 6.54 Å². The normalized spacial score (nSPS) is 11.3. The van der Waals surface area contributed by atoms with E-state index in [4.69, 9.17) is 9.84 Å². The van der Waals surface area contributed by atoms with Crippen LogP contribution in [0, 0.1) is 0 Å². The molecule has 0 heterocycles. The van der Waals surface area contributed by atoms with Crippen molar-refractivity contribution < 1.29 is 23.1 Å². The van der Waals surface area contributed by atoms with Crippen LogP contribution in [-0.2, 0) is 14.8 Å². The van der Waals surface area contributed by atoms with E-state index in [0.717, 1.165) is 4.31 Å². The van der Waals surface area contributed by atoms with Crippen molar-refractivity contribution in [1.82, 2.24) is 4.31 Å². The van der Waals surface area contributed by atoms with Crippen LogP contribution in [0.25, 0.3) is 0 Å². The highest BCUT2D eigenvalue weighted by atomic mass is 32.2. The first-order valence-corrected chi connectivity index (χ1v) is 6.83. The summed E-state index contributed by atoms with van der Waals surface area (Å²) < 4.78 is 30.6. The molecule has 0 aliphatic heterocycles. The summed E-state index contributed by atoms with van der Waals surface area (Å²) in [4.78, 5) is 10.7. The number of benzene rings is 1. The Morgan fingerprint density at radius 2 is 2.11 bits per heavy atom. The van der Waals surface area contributed by atoms with Crippen LogP contribution >= 0.6 is 0 Å². The molecule has 7 heteroatoms. The van der Waals surface area contributed by atoms with Crippen molar-refractivity contribution in [2.24, 2.45) is 0 Å². The minimum absolute atomic E-state index is 0.0689. The Morgan fingerprint density at radius 3 is 2.63 bits per heavy atom. The highest BCUT2D eigenvalue weighted by molar-refractivity contribution is 7.89. The van der Waals surface area contributed by atoms with Gasteiger partial charge in [0.15, 0.2) is 0 Å². The van der Waals surface area contributed by atoms with Crippen LogP contribution in [0.1, 0.15) is 0 Å². The molecule has 1 aromatic rings. The van der Waals surface area contributed by atoms with Crippen molar-refractivity contribution in [3.05, 3.63) is 36.9 Å². The number of para-hydroxylation sites is 1. The molecule has 19 heavy (non-hydrogen) atoms. The fourth-order valence-electron chi connectivity index (χ4n) is 1.51. The Hall–Kier alpha value is -1.86. The van der Waals surface area contributed by atoms with E-state index in [-0.39, 0.29) is 17.2 Å². The van der Waals surface area contributed by atoms with E-state index in [1.807, 2.05) is 0 Å². The van der Waals surface area contributed by atoms with Gasteiger partial charge in [0.1, 0.15) is 17.2 Å². The lowest BCUT2D eigenvalue weighted by Crippen LogP contribution is -2.35. The van der Waals surface area contributed by atoms with E-state index in [9.17, 15) is 13.2 Å². The van der Waals surface area contributed by atoms with E-state index >= 15 is 0 Å². The standard InChI is InChI=1S/C12H15NO5S/c1-3-8-13(9-12(14)15)19(16,17)11-7-5-4-6-10(11)18-2/h3-7H,1,8-9H2,2H3,(H,14,15). The minimum atomic E-state index is -3.94. The number of ether oxygens (including phenoxy) is 1. The van der Waals surface area contributed by atoms with Crippen LogP contribution in [-0.4, -0.2) is 44.0 Å². The minimum Gasteiger partial charge on any atom is -0.495 e. The van der Waals surface area contributed by atoms with E-state index < -0.39 is 22.5 Å². The third-order valence-electron chi connectivity index (χ3n) is 2.33. The van der Waals surface area contributed by atoms with Crippen molar-refractivity contribution in [3.63, 3.8) is 0 Å². The number of sulfonamides is 1. The number of hydrogen-bond acceptors (Lipinski definition) is 4. The highest BCUT2D eigenvalue weighted by Crippen LogP contribution is 2.25. The molecule has 0 amide bonds. The maximum absolute atomic E-state index is 12.4. The number of carboxylic acids is 1. The molecule has 0 fully saturated rings. The van der Waals surface area contributed by atoms with Crippen LogP contribution in [0.15, 0.2) is 41.8 Å². The zero-order valence-corrected chi connectivity index (χ0v) is 11.3. The summed E-state index contributed by atoms with van der Waals surface area (Å²) in [5.41, 5.74) is 0. The van der Waals surface area contributed by atoms with Gasteiger partial charge in [-0.15, -0.1) is 6.58 Å². The van der Waals surface area contributed by atoms with Gasteiger partial charge in [0.05, 0.1) is 7.11 Å². The average molecular weight is 285 g/mol. The number of methoxy groups -OCH3 is 1. The lowest BCUT2D eigenvalue weighted by atomic mass is 10.3. The fourth-order valence-corrected chi connectivity index (χ4v) is 3.03. The molecule has 0 atom stereocenters. The van der Waals surface area contributed by atoms with Gasteiger partial charge in [-0.05, 0) is 12.1 Å². The Labute approximate surface area is 112 Å². The second-order valence-corrected chi connectivity index (χ2v) is 5.54. The van der Waals surface area contributed by atoms with Crippen LogP contribution < -0.4 is 4.74 Å². The Balaban J connectivity index is 3.25. The number of rotatable bonds is 7. The SMILES string of the molecule is C=CCN(CC(=O)O)S(=O)(=O)c1ccccc1OC. The van der Waals surface area contributed by atoms with Crippen molar-refractivity contribution in [2.75, 3.05) is 20.2 Å². The summed E-state index contributed by atoms with van der Waals surface area (Å²) in [5.74, 6) is -1.07. The van der Waals surface area contributed by atoms with Crippen LogP contribution in [0.5, 0.6) is 5.75 Å². The summed E-state index contributed by atoms with van der Waals surface area (Å²) in [5, 5.41) is 8.78. The summed E-state index contributed by atoms with van der Waals surface area (Å²) in [6, 6.07) is 6.04. The molecule has 1 aromatic carbocycles. The molecule has 104 valence electrons. The summed E-state index contributed by atoms with van der Waals surface area (Å²) >= 11 is 0. The molecule has 0 radical (unpaired) electrons. The zero-order valence-electron chi connectivity index (χ0n) is 10.4. The summed E-state index contributed by atoms with van der Waals surface area (Å²) in [7, 11) is -2.59. The molecule has 0 spiro atoms. The number of nitrogens with zero attached hydrogens (tertiary/aromatic N) is 1. The molecule has 0 bridgehead atoms. The monoisotopic (exact) mass is 285 g/mol. The zero-order chi connectivity index (χ0) is 14.5. The van der Waals surface area contributed by atoms with Gasteiger partial charge in [0.2, 0.25) is 10.0 Å². The second kappa shape index (κ2) is 6.35. The van der Waals surface area contributed by atoms with Crippen molar-refractivity contribution in [1.29, 1.82) is 0 Å². The fraction of sp³-hybridized carbons (Fsp3) is 0.250. The molecule has 6 nitrogen and oxygen atoms in total. The predicted molar refractivity (Wildman–Crippen MR) is 69.6 cm³/mol. The molecule has 1 rings (SSSR count). The average Bonchev–Trinajstić information content (AvgIpc) is 2.37. The number of hydrogen-bond donors (Lipinski definition) is 1. The smallest absolute Gasteiger partial charge is 0.318 e. The molecule has 0 aromatic heterocycles. The molecular formula is C12H15NO5S. The quantitative estimate of drug-likeness (QED) is 0.754. The molecular weight excluding hydrogens is 270 g/mol. The third-order valence-corrected chi connectivity index (χ3v) is 4.18. The lowest BCUT2D eigenvalue weighted by molar-refractivity contribution is -0.137. The Morgan fingerprint density at radius 1 is 1.47 bits per heavy atom. The molecule has 0 saturated heterocycles. The van der Waals surface area contributed by atoms with Crippen molar-refractivity contribution in [2.45, 2.75) is 4.90 Å². The molecule has 0 unspecified atom stereocenters. The Kier molecular flexibility index (Phi) is 5.08. The van der Waals surface area contributed by atoms with Gasteiger partial charge in [-0.1, -0.05) is 18.2 Å². The molecule has 0 aliphatic carbocycles. The van der Waals surface area contributed by atoms with E-state index in [1.54, 1.807) is 12.1 Å². The largest absolute Gasteiger partial charge is 0.495 e. The number of carbonyl (C=O) groups is 1. The molecule has 1 N–H and O–H groups in total. The van der Waals surface area contributed by atoms with Gasteiger partial charge >= 0.3 is 5.97 Å². The van der Waals surface area contributed by atoms with Gasteiger partial charge in [-0.2, -0.15) is 4.31 Å². The maximum Gasteiger partial charge on any atom is 0.318 e. The lowest BCUT2D eigenvalue weighted by Gasteiger charge is -2.19. The van der Waals surface area contributed by atoms with E-state index in [0.29, 0.717) is 0 Å². The highest BCUT2D eigenvalue weighted by Gasteiger charge is 2.28. The third kappa shape index (κ3) is 3.55. The second-order valence-electron chi connectivity index (χ2n) is 3.63. The Bertz CT molecular complexity index is 567. The van der Waals surface area contributed by atoms with E-state index in [2.05, 4.69) is 6.58 Å². The molecule has 0 aliphatic rings. The van der Waals surface area contributed by atoms with Crippen molar-refractivity contribution in [3.8, 4) is 5.75 Å². The summed E-state index contributed by atoms with van der Waals surface area (Å²) in [6.07, 6.45) is 1.33. The van der Waals surface area contributed by atoms with Gasteiger partial charge in [-0.3, -0.25) is 4.79 Å². The topological polar surface area (TPSA) is 83.9 Å². The maximum atomic E-state index is 12.4. The van der Waals surface area contributed by atoms with Gasteiger partial charge < -0.3 is 9.84 Å². The van der Waals surface area contributed by atoms with Gasteiger partial charge in [-0.25, -0.2) is 8.42 Å². The predicted octanol–water partition coefficient (Wildman–Crippen LogP) is 0.956. The number of carboxylic acid groups (broad SMARTS) is 1. The van der Waals surface area contributed by atoms with Crippen molar-refractivity contribution >= 4 is 16.0 Å². The van der Waals surface area contributed by atoms with E-state index in [1.165, 1.54) is 25.3 Å². The first-order valence-electron chi connectivity index (χ1n) is 5.39. The first kappa shape index (κ1) is 15.2. The van der Waals surface area contributed by atoms with Crippen LogP contribution in [0.2, 0.25) is 0 Å². The number of aliphatic carboxylic acids is 1.